The summed E-state index contributed by atoms with van der Waals surface area (Å²) in [7, 11) is 2.19. The molecule has 1 aliphatic carbocycles. The molecular formula is C15H22ClN. The number of nitrogens with zero attached hydrogens (tertiary/aromatic N) is 1. The van der Waals surface area contributed by atoms with Gasteiger partial charge in [-0.25, -0.2) is 0 Å². The van der Waals surface area contributed by atoms with Crippen LogP contribution in [0, 0.1) is 12.8 Å². The molecule has 0 heterocycles. The summed E-state index contributed by atoms with van der Waals surface area (Å²) in [5, 5.41) is 0. The number of aryl methyl sites for hydroxylation is 1. The predicted octanol–water partition coefficient (Wildman–Crippen LogP) is 4.36. The first-order chi connectivity index (χ1) is 8.20. The minimum Gasteiger partial charge on any atom is -0.374 e. The number of benzene rings is 1. The number of anilines is 1. The Morgan fingerprint density at radius 2 is 2.00 bits per heavy atom. The van der Waals surface area contributed by atoms with Gasteiger partial charge < -0.3 is 4.90 Å². The molecule has 94 valence electrons. The van der Waals surface area contributed by atoms with Crippen molar-refractivity contribution in [2.24, 2.45) is 5.92 Å². The highest BCUT2D eigenvalue weighted by Gasteiger charge is 2.18. The van der Waals surface area contributed by atoms with E-state index in [9.17, 15) is 0 Å². The van der Waals surface area contributed by atoms with E-state index in [4.69, 9.17) is 11.6 Å². The van der Waals surface area contributed by atoms with Crippen molar-refractivity contribution in [3.8, 4) is 0 Å². The van der Waals surface area contributed by atoms with Gasteiger partial charge in [0.15, 0.2) is 0 Å². The van der Waals surface area contributed by atoms with Crippen molar-refractivity contribution in [1.29, 1.82) is 0 Å². The zero-order chi connectivity index (χ0) is 12.3. The number of rotatable bonds is 4. The Labute approximate surface area is 110 Å². The topological polar surface area (TPSA) is 3.24 Å². The molecule has 0 N–H and O–H groups in total. The van der Waals surface area contributed by atoms with Crippen LogP contribution in [0.25, 0.3) is 0 Å². The fourth-order valence-electron chi connectivity index (χ4n) is 2.87. The molecule has 2 rings (SSSR count). The van der Waals surface area contributed by atoms with Crippen LogP contribution in [0.2, 0.25) is 0 Å². The number of halogens is 1. The molecule has 0 unspecified atom stereocenters. The molecule has 0 bridgehead atoms. The lowest BCUT2D eigenvalue weighted by Crippen LogP contribution is -2.24. The second-order valence-electron chi connectivity index (χ2n) is 5.30. The van der Waals surface area contributed by atoms with E-state index in [1.54, 1.807) is 0 Å². The molecular weight excluding hydrogens is 230 g/mol. The zero-order valence-corrected chi connectivity index (χ0v) is 11.6. The van der Waals surface area contributed by atoms with Gasteiger partial charge in [0.2, 0.25) is 0 Å². The Morgan fingerprint density at radius 1 is 1.29 bits per heavy atom. The smallest absolute Gasteiger partial charge is 0.0494 e. The van der Waals surface area contributed by atoms with Crippen molar-refractivity contribution in [2.45, 2.75) is 38.5 Å². The largest absolute Gasteiger partial charge is 0.374 e. The maximum atomic E-state index is 6.04. The highest BCUT2D eigenvalue weighted by molar-refractivity contribution is 6.17. The van der Waals surface area contributed by atoms with Gasteiger partial charge in [-0.05, 0) is 37.3 Å². The number of hydrogen-bond acceptors (Lipinski definition) is 1. The van der Waals surface area contributed by atoms with Gasteiger partial charge in [-0.2, -0.15) is 0 Å². The molecule has 0 radical (unpaired) electrons. The summed E-state index contributed by atoms with van der Waals surface area (Å²) in [6, 6.07) is 6.59. The summed E-state index contributed by atoms with van der Waals surface area (Å²) in [6.45, 7) is 3.30. The highest BCUT2D eigenvalue weighted by atomic mass is 35.5. The number of alkyl halides is 1. The minimum absolute atomic E-state index is 0.603. The third-order valence-electron chi connectivity index (χ3n) is 3.80. The van der Waals surface area contributed by atoms with Gasteiger partial charge in [0, 0.05) is 25.2 Å². The Bertz CT molecular complexity index is 369. The second kappa shape index (κ2) is 5.77. The van der Waals surface area contributed by atoms with Crippen LogP contribution in [0.5, 0.6) is 0 Å². The molecule has 0 atom stereocenters. The lowest BCUT2D eigenvalue weighted by atomic mass is 10.1. The summed E-state index contributed by atoms with van der Waals surface area (Å²) in [4.78, 5) is 2.38. The Hall–Kier alpha value is -0.690. The highest BCUT2D eigenvalue weighted by Crippen LogP contribution is 2.29. The Morgan fingerprint density at radius 3 is 2.65 bits per heavy atom. The monoisotopic (exact) mass is 251 g/mol. The van der Waals surface area contributed by atoms with E-state index in [2.05, 4.69) is 37.1 Å². The first kappa shape index (κ1) is 12.8. The number of hydrogen-bond donors (Lipinski definition) is 0. The van der Waals surface area contributed by atoms with E-state index in [1.807, 2.05) is 0 Å². The third kappa shape index (κ3) is 3.16. The first-order valence-corrected chi connectivity index (χ1v) is 7.11. The molecule has 17 heavy (non-hydrogen) atoms. The van der Waals surface area contributed by atoms with Gasteiger partial charge >= 0.3 is 0 Å². The Balaban J connectivity index is 2.09. The Kier molecular flexibility index (Phi) is 4.33. The molecule has 1 fully saturated rings. The van der Waals surface area contributed by atoms with E-state index in [0.717, 1.165) is 5.92 Å². The van der Waals surface area contributed by atoms with Crippen LogP contribution in [0.3, 0.4) is 0 Å². The van der Waals surface area contributed by atoms with Crippen molar-refractivity contribution in [2.75, 3.05) is 18.5 Å². The first-order valence-electron chi connectivity index (χ1n) is 6.57. The van der Waals surface area contributed by atoms with Gasteiger partial charge in [0.25, 0.3) is 0 Å². The molecule has 0 spiro atoms. The van der Waals surface area contributed by atoms with Gasteiger partial charge in [0.1, 0.15) is 0 Å². The second-order valence-corrected chi connectivity index (χ2v) is 5.56. The molecule has 1 nitrogen and oxygen atoms in total. The molecule has 1 aliphatic rings. The van der Waals surface area contributed by atoms with Crippen molar-refractivity contribution < 1.29 is 0 Å². The standard InChI is InChI=1S/C15H22ClN/c1-12-7-8-15(14(9-12)10-16)17(2)11-13-5-3-4-6-13/h7-9,13H,3-6,10-11H2,1-2H3. The SMILES string of the molecule is Cc1ccc(N(C)CC2CCCC2)c(CCl)c1. The summed E-state index contributed by atoms with van der Waals surface area (Å²) in [5.41, 5.74) is 3.85. The quantitative estimate of drug-likeness (QED) is 0.719. The van der Waals surface area contributed by atoms with Gasteiger partial charge in [-0.1, -0.05) is 30.5 Å². The third-order valence-corrected chi connectivity index (χ3v) is 4.08. The fourth-order valence-corrected chi connectivity index (χ4v) is 3.09. The lowest BCUT2D eigenvalue weighted by molar-refractivity contribution is 0.546. The van der Waals surface area contributed by atoms with E-state index in [1.165, 1.54) is 49.0 Å². The maximum absolute atomic E-state index is 6.04. The van der Waals surface area contributed by atoms with E-state index >= 15 is 0 Å². The lowest BCUT2D eigenvalue weighted by Gasteiger charge is -2.25. The molecule has 0 saturated heterocycles. The molecule has 0 amide bonds. The van der Waals surface area contributed by atoms with Gasteiger partial charge in [-0.15, -0.1) is 11.6 Å². The summed E-state index contributed by atoms with van der Waals surface area (Å²) < 4.78 is 0. The van der Waals surface area contributed by atoms with Crippen LogP contribution < -0.4 is 4.90 Å². The molecule has 1 aromatic carbocycles. The van der Waals surface area contributed by atoms with Crippen molar-refractivity contribution >= 4 is 17.3 Å². The average molecular weight is 252 g/mol. The van der Waals surface area contributed by atoms with Crippen LogP contribution in [-0.2, 0) is 5.88 Å². The predicted molar refractivity (Wildman–Crippen MR) is 76.0 cm³/mol. The molecule has 2 heteroatoms. The normalized spacial score (nSPS) is 16.4. The molecule has 1 aromatic rings. The summed E-state index contributed by atoms with van der Waals surface area (Å²) in [5.74, 6) is 1.48. The summed E-state index contributed by atoms with van der Waals surface area (Å²) >= 11 is 6.04. The average Bonchev–Trinajstić information content (AvgIpc) is 2.81. The molecule has 0 aliphatic heterocycles. The minimum atomic E-state index is 0.603. The van der Waals surface area contributed by atoms with Crippen LogP contribution in [-0.4, -0.2) is 13.6 Å². The van der Waals surface area contributed by atoms with Crippen molar-refractivity contribution in [3.63, 3.8) is 0 Å². The van der Waals surface area contributed by atoms with Crippen molar-refractivity contribution in [3.05, 3.63) is 29.3 Å². The van der Waals surface area contributed by atoms with Gasteiger partial charge in [-0.3, -0.25) is 0 Å². The van der Waals surface area contributed by atoms with E-state index in [0.29, 0.717) is 5.88 Å². The van der Waals surface area contributed by atoms with Crippen LogP contribution in [0.1, 0.15) is 36.8 Å². The molecule has 0 aromatic heterocycles. The molecule has 1 saturated carbocycles. The fraction of sp³-hybridized carbons (Fsp3) is 0.600. The van der Waals surface area contributed by atoms with Crippen LogP contribution >= 0.6 is 11.6 Å². The van der Waals surface area contributed by atoms with Gasteiger partial charge in [0.05, 0.1) is 0 Å². The van der Waals surface area contributed by atoms with Crippen LogP contribution in [0.4, 0.5) is 5.69 Å². The van der Waals surface area contributed by atoms with Crippen LogP contribution in [0.15, 0.2) is 18.2 Å². The maximum Gasteiger partial charge on any atom is 0.0494 e. The van der Waals surface area contributed by atoms with Crippen molar-refractivity contribution in [1.82, 2.24) is 0 Å². The van der Waals surface area contributed by atoms with E-state index < -0.39 is 0 Å². The van der Waals surface area contributed by atoms with E-state index in [-0.39, 0.29) is 0 Å². The summed E-state index contributed by atoms with van der Waals surface area (Å²) in [6.07, 6.45) is 5.61. The zero-order valence-electron chi connectivity index (χ0n) is 10.9.